The lowest BCUT2D eigenvalue weighted by Gasteiger charge is -2.44. The number of hydrogen-bond donors (Lipinski definition) is 1. The van der Waals surface area contributed by atoms with Crippen LogP contribution in [0.4, 0.5) is 0 Å². The van der Waals surface area contributed by atoms with Crippen molar-refractivity contribution in [1.29, 1.82) is 0 Å². The Labute approximate surface area is 129 Å². The van der Waals surface area contributed by atoms with E-state index in [0.29, 0.717) is 17.2 Å². The van der Waals surface area contributed by atoms with Crippen LogP contribution in [0.2, 0.25) is 0 Å². The van der Waals surface area contributed by atoms with Crippen molar-refractivity contribution in [2.45, 2.75) is 18.9 Å². The minimum absolute atomic E-state index is 0. The Morgan fingerprint density at radius 1 is 1.38 bits per heavy atom. The summed E-state index contributed by atoms with van der Waals surface area (Å²) in [6, 6.07) is 3.91. The molecule has 6 heteroatoms. The van der Waals surface area contributed by atoms with Gasteiger partial charge in [0.05, 0.1) is 12.5 Å². The van der Waals surface area contributed by atoms with E-state index in [4.69, 9.17) is 4.42 Å². The summed E-state index contributed by atoms with van der Waals surface area (Å²) in [6.45, 7) is 3.33. The number of pyridine rings is 1. The average Bonchev–Trinajstić information content (AvgIpc) is 2.96. The lowest BCUT2D eigenvalue weighted by molar-refractivity contribution is 0.0618. The van der Waals surface area contributed by atoms with Crippen LogP contribution in [-0.4, -0.2) is 41.5 Å². The summed E-state index contributed by atoms with van der Waals surface area (Å²) in [5, 5.41) is 4.07. The molecule has 0 aliphatic carbocycles. The van der Waals surface area contributed by atoms with E-state index in [-0.39, 0.29) is 24.4 Å². The van der Waals surface area contributed by atoms with Gasteiger partial charge < -0.3 is 14.6 Å². The van der Waals surface area contributed by atoms with Gasteiger partial charge in [0.25, 0.3) is 5.91 Å². The number of amides is 1. The second kappa shape index (κ2) is 5.66. The van der Waals surface area contributed by atoms with Crippen molar-refractivity contribution >= 4 is 29.3 Å². The second-order valence-electron chi connectivity index (χ2n) is 5.75. The molecule has 5 rings (SSSR count). The number of nitrogens with one attached hydrogen (secondary N) is 1. The topological polar surface area (TPSA) is 58.4 Å². The number of hydrogen-bond acceptors (Lipinski definition) is 4. The monoisotopic (exact) mass is 307 g/mol. The van der Waals surface area contributed by atoms with Crippen molar-refractivity contribution in [2.75, 3.05) is 19.6 Å². The van der Waals surface area contributed by atoms with Gasteiger partial charge in [0.1, 0.15) is 5.69 Å². The molecule has 0 radical (unpaired) electrons. The molecular weight excluding hydrogens is 290 g/mol. The second-order valence-corrected chi connectivity index (χ2v) is 5.75. The van der Waals surface area contributed by atoms with Crippen molar-refractivity contribution in [3.63, 3.8) is 0 Å². The molecule has 0 aromatic carbocycles. The molecule has 2 aromatic heterocycles. The van der Waals surface area contributed by atoms with Gasteiger partial charge in [-0.2, -0.15) is 0 Å². The highest BCUT2D eigenvalue weighted by Crippen LogP contribution is 2.27. The first-order chi connectivity index (χ1) is 9.79. The number of rotatable bonds is 2. The summed E-state index contributed by atoms with van der Waals surface area (Å²) in [5.41, 5.74) is 1.18. The summed E-state index contributed by atoms with van der Waals surface area (Å²) in [4.78, 5) is 18.9. The van der Waals surface area contributed by atoms with E-state index in [0.717, 1.165) is 11.9 Å². The average molecular weight is 308 g/mol. The molecule has 5 heterocycles. The van der Waals surface area contributed by atoms with Crippen LogP contribution in [0.5, 0.6) is 0 Å². The number of nitrogens with zero attached hydrogens (tertiary/aromatic N) is 2. The Bertz CT molecular complexity index is 649. The van der Waals surface area contributed by atoms with Crippen molar-refractivity contribution in [3.05, 3.63) is 30.3 Å². The fraction of sp³-hybridized carbons (Fsp3) is 0.467. The molecule has 2 aromatic rings. The molecule has 21 heavy (non-hydrogen) atoms. The molecule has 3 aliphatic heterocycles. The van der Waals surface area contributed by atoms with Crippen molar-refractivity contribution in [2.24, 2.45) is 5.92 Å². The maximum atomic E-state index is 12.3. The molecule has 3 aliphatic rings. The van der Waals surface area contributed by atoms with E-state index in [1.54, 1.807) is 18.5 Å². The van der Waals surface area contributed by atoms with Crippen LogP contribution in [0, 0.1) is 5.92 Å². The van der Waals surface area contributed by atoms with Gasteiger partial charge in [-0.1, -0.05) is 0 Å². The number of halogens is 1. The smallest absolute Gasteiger partial charge is 0.270 e. The van der Waals surface area contributed by atoms with Gasteiger partial charge in [-0.3, -0.25) is 4.79 Å². The van der Waals surface area contributed by atoms with Crippen molar-refractivity contribution in [1.82, 2.24) is 15.2 Å². The van der Waals surface area contributed by atoms with Crippen LogP contribution in [-0.2, 0) is 0 Å². The molecule has 2 bridgehead atoms. The van der Waals surface area contributed by atoms with E-state index in [1.807, 2.05) is 6.07 Å². The molecule has 0 saturated carbocycles. The third-order valence-corrected chi connectivity index (χ3v) is 4.55. The fourth-order valence-electron chi connectivity index (χ4n) is 3.36. The highest BCUT2D eigenvalue weighted by Gasteiger charge is 2.35. The normalized spacial score (nSPS) is 27.3. The number of fused-ring (bicyclic) bond motifs is 4. The molecular formula is C15H18ClN3O2. The number of carbonyl (C=O) groups excluding carboxylic acids is 1. The number of furan rings is 1. The zero-order valence-corrected chi connectivity index (χ0v) is 12.4. The Morgan fingerprint density at radius 3 is 2.90 bits per heavy atom. The fourth-order valence-corrected chi connectivity index (χ4v) is 3.36. The van der Waals surface area contributed by atoms with Crippen LogP contribution >= 0.6 is 12.4 Å². The predicted molar refractivity (Wildman–Crippen MR) is 81.7 cm³/mol. The lowest BCUT2D eigenvalue weighted by Crippen LogP contribution is -2.57. The minimum atomic E-state index is -0.0770. The van der Waals surface area contributed by atoms with Gasteiger partial charge in [-0.25, -0.2) is 4.98 Å². The Kier molecular flexibility index (Phi) is 3.87. The first-order valence-electron chi connectivity index (χ1n) is 7.16. The van der Waals surface area contributed by atoms with Crippen molar-refractivity contribution in [3.8, 4) is 0 Å². The number of carbonyl (C=O) groups is 1. The molecule has 3 saturated heterocycles. The highest BCUT2D eigenvalue weighted by molar-refractivity contribution is 5.95. The zero-order chi connectivity index (χ0) is 13.5. The Balaban J connectivity index is 0.00000132. The minimum Gasteiger partial charge on any atom is -0.463 e. The number of aromatic nitrogens is 1. The van der Waals surface area contributed by atoms with Crippen LogP contribution in [0.1, 0.15) is 23.3 Å². The van der Waals surface area contributed by atoms with Crippen molar-refractivity contribution < 1.29 is 9.21 Å². The van der Waals surface area contributed by atoms with Gasteiger partial charge >= 0.3 is 0 Å². The largest absolute Gasteiger partial charge is 0.463 e. The maximum absolute atomic E-state index is 12.3. The summed E-state index contributed by atoms with van der Waals surface area (Å²) in [5.74, 6) is 0.549. The summed E-state index contributed by atoms with van der Waals surface area (Å²) < 4.78 is 5.24. The van der Waals surface area contributed by atoms with Gasteiger partial charge in [-0.15, -0.1) is 12.4 Å². The van der Waals surface area contributed by atoms with Gasteiger partial charge in [0.2, 0.25) is 0 Å². The molecule has 0 spiro atoms. The molecule has 112 valence electrons. The van der Waals surface area contributed by atoms with E-state index >= 15 is 0 Å². The Morgan fingerprint density at radius 2 is 2.19 bits per heavy atom. The van der Waals surface area contributed by atoms with Crippen LogP contribution < -0.4 is 5.32 Å². The van der Waals surface area contributed by atoms with E-state index in [2.05, 4.69) is 15.2 Å². The standard InChI is InChI=1S/C15H17N3O2.ClH/c19-15(12-7-11-3-6-20-14(11)8-16-12)17-13-9-18-4-1-10(13)2-5-18;/h3,6-8,10,13H,1-2,4-5,9H2,(H,17,19);1H/t13-;/m1./s1. The maximum Gasteiger partial charge on any atom is 0.270 e. The van der Waals surface area contributed by atoms with Crippen LogP contribution in [0.3, 0.4) is 0 Å². The molecule has 3 fully saturated rings. The first-order valence-corrected chi connectivity index (χ1v) is 7.16. The van der Waals surface area contributed by atoms with Gasteiger partial charge in [0, 0.05) is 18.0 Å². The molecule has 1 atom stereocenters. The van der Waals surface area contributed by atoms with Crippen LogP contribution in [0.15, 0.2) is 29.0 Å². The zero-order valence-electron chi connectivity index (χ0n) is 11.6. The lowest BCUT2D eigenvalue weighted by atomic mass is 9.84. The summed E-state index contributed by atoms with van der Waals surface area (Å²) in [7, 11) is 0. The Hall–Kier alpha value is -1.59. The first kappa shape index (κ1) is 14.4. The molecule has 0 unspecified atom stereocenters. The third kappa shape index (κ3) is 2.63. The van der Waals surface area contributed by atoms with Gasteiger partial charge in [-0.05, 0) is 44.0 Å². The highest BCUT2D eigenvalue weighted by atomic mass is 35.5. The molecule has 5 nitrogen and oxygen atoms in total. The molecule has 1 amide bonds. The quantitative estimate of drug-likeness (QED) is 0.923. The summed E-state index contributed by atoms with van der Waals surface area (Å²) in [6.07, 6.45) is 5.61. The van der Waals surface area contributed by atoms with Crippen LogP contribution in [0.25, 0.3) is 11.0 Å². The predicted octanol–water partition coefficient (Wildman–Crippen LogP) is 2.07. The number of piperidine rings is 3. The van der Waals surface area contributed by atoms with E-state index in [1.165, 1.54) is 25.9 Å². The van der Waals surface area contributed by atoms with E-state index < -0.39 is 0 Å². The summed E-state index contributed by atoms with van der Waals surface area (Å²) >= 11 is 0. The molecule has 1 N–H and O–H groups in total. The SMILES string of the molecule is Cl.O=C(N[C@@H]1CN2CCC1CC2)c1cc2ccoc2cn1. The third-order valence-electron chi connectivity index (χ3n) is 4.55. The van der Waals surface area contributed by atoms with E-state index in [9.17, 15) is 4.79 Å². The van der Waals surface area contributed by atoms with Gasteiger partial charge in [0.15, 0.2) is 5.58 Å².